The number of imidazole rings is 1. The van der Waals surface area contributed by atoms with Crippen LogP contribution in [0, 0.1) is 0 Å². The van der Waals surface area contributed by atoms with E-state index in [2.05, 4.69) is 30.9 Å². The summed E-state index contributed by atoms with van der Waals surface area (Å²) in [7, 11) is 0. The van der Waals surface area contributed by atoms with Crippen molar-refractivity contribution in [1.82, 2.24) is 40.5 Å². The summed E-state index contributed by atoms with van der Waals surface area (Å²) < 4.78 is 33.2. The SMILES string of the molecule is O=C(O)C(F)(F)F.O=C1CCC(N2Cc3cc(-n4cc(C(=O)NCc5nc6c([nH]5)CCCC6)nn4)ccc3C2=O)C(=O)N1. The van der Waals surface area contributed by atoms with Gasteiger partial charge in [0.15, 0.2) is 5.69 Å². The van der Waals surface area contributed by atoms with E-state index in [0.717, 1.165) is 48.5 Å². The standard InChI is InChI=1S/C24H24N8O4.C2HF3O2/c33-21-8-7-19(23(35)28-21)31-11-13-9-14(5-6-15(13)24(31)36)32-12-18(29-30-32)22(34)25-10-20-26-16-3-1-2-4-17(16)27-20;3-2(4,5)1(6)7/h5-6,9,12,19H,1-4,7-8,10-11H2,(H,25,34)(H,26,27)(H,28,33,35);(H,6,7). The van der Waals surface area contributed by atoms with E-state index >= 15 is 0 Å². The average molecular weight is 603 g/mol. The number of carboxylic acids is 1. The third kappa shape index (κ3) is 6.39. The van der Waals surface area contributed by atoms with Crippen molar-refractivity contribution in [3.05, 3.63) is 58.4 Å². The van der Waals surface area contributed by atoms with Gasteiger partial charge in [-0.3, -0.25) is 24.5 Å². The van der Waals surface area contributed by atoms with Gasteiger partial charge in [0, 0.05) is 24.2 Å². The zero-order valence-electron chi connectivity index (χ0n) is 22.4. The molecule has 6 rings (SSSR count). The number of rotatable bonds is 5. The minimum Gasteiger partial charge on any atom is -0.475 e. The van der Waals surface area contributed by atoms with Crippen molar-refractivity contribution in [2.75, 3.05) is 0 Å². The normalized spacial score (nSPS) is 17.9. The van der Waals surface area contributed by atoms with Crippen molar-refractivity contribution in [2.45, 2.75) is 63.8 Å². The number of carbonyl (C=O) groups excluding carboxylic acids is 4. The molecule has 17 heteroatoms. The molecule has 1 saturated heterocycles. The highest BCUT2D eigenvalue weighted by Gasteiger charge is 2.39. The van der Waals surface area contributed by atoms with Crippen LogP contribution in [0.2, 0.25) is 0 Å². The molecule has 4 N–H and O–H groups in total. The van der Waals surface area contributed by atoms with Crippen LogP contribution in [0.1, 0.15) is 69.3 Å². The number of carbonyl (C=O) groups is 5. The average Bonchev–Trinajstić information content (AvgIpc) is 3.69. The second kappa shape index (κ2) is 11.7. The van der Waals surface area contributed by atoms with Gasteiger partial charge in [0.2, 0.25) is 11.8 Å². The smallest absolute Gasteiger partial charge is 0.475 e. The first-order chi connectivity index (χ1) is 20.4. The lowest BCUT2D eigenvalue weighted by molar-refractivity contribution is -0.192. The zero-order chi connectivity index (χ0) is 30.9. The van der Waals surface area contributed by atoms with E-state index < -0.39 is 24.1 Å². The molecule has 14 nitrogen and oxygen atoms in total. The summed E-state index contributed by atoms with van der Waals surface area (Å²) in [5, 5.41) is 20.3. The highest BCUT2D eigenvalue weighted by atomic mass is 19.4. The second-order valence-corrected chi connectivity index (χ2v) is 10.1. The van der Waals surface area contributed by atoms with Crippen molar-refractivity contribution in [2.24, 2.45) is 0 Å². The first-order valence-corrected chi connectivity index (χ1v) is 13.3. The van der Waals surface area contributed by atoms with Crippen LogP contribution >= 0.6 is 0 Å². The monoisotopic (exact) mass is 602 g/mol. The molecule has 0 saturated carbocycles. The van der Waals surface area contributed by atoms with E-state index in [4.69, 9.17) is 9.90 Å². The molecule has 43 heavy (non-hydrogen) atoms. The lowest BCUT2D eigenvalue weighted by atomic mass is 10.0. The molecule has 2 aliphatic heterocycles. The number of H-pyrrole nitrogens is 1. The van der Waals surface area contributed by atoms with Crippen molar-refractivity contribution < 1.29 is 42.3 Å². The Balaban J connectivity index is 0.000000472. The molecule has 0 spiro atoms. The molecular formula is C26H25F3N8O6. The molecule has 2 aromatic heterocycles. The fourth-order valence-electron chi connectivity index (χ4n) is 5.05. The number of hydrogen-bond acceptors (Lipinski definition) is 8. The number of aliphatic carboxylic acids is 1. The third-order valence-electron chi connectivity index (χ3n) is 7.16. The summed E-state index contributed by atoms with van der Waals surface area (Å²) in [4.78, 5) is 67.5. The lowest BCUT2D eigenvalue weighted by Gasteiger charge is -2.29. The second-order valence-electron chi connectivity index (χ2n) is 10.1. The molecule has 1 aromatic carbocycles. The van der Waals surface area contributed by atoms with E-state index in [0.29, 0.717) is 17.7 Å². The number of benzene rings is 1. The number of nitrogens with zero attached hydrogens (tertiary/aromatic N) is 5. The first-order valence-electron chi connectivity index (χ1n) is 13.3. The molecule has 1 atom stereocenters. The van der Waals surface area contributed by atoms with E-state index in [9.17, 15) is 32.3 Å². The van der Waals surface area contributed by atoms with E-state index in [1.165, 1.54) is 15.8 Å². The summed E-state index contributed by atoms with van der Waals surface area (Å²) in [6.45, 7) is 0.527. The third-order valence-corrected chi connectivity index (χ3v) is 7.16. The highest BCUT2D eigenvalue weighted by Crippen LogP contribution is 2.29. The molecule has 4 heterocycles. The van der Waals surface area contributed by atoms with E-state index in [-0.39, 0.29) is 42.9 Å². The van der Waals surface area contributed by atoms with Crippen molar-refractivity contribution >= 4 is 29.6 Å². The number of fused-ring (bicyclic) bond motifs is 2. The van der Waals surface area contributed by atoms with Crippen LogP contribution in [-0.4, -0.2) is 76.8 Å². The van der Waals surface area contributed by atoms with Gasteiger partial charge in [-0.15, -0.1) is 5.10 Å². The van der Waals surface area contributed by atoms with Crippen molar-refractivity contribution in [3.8, 4) is 5.69 Å². The van der Waals surface area contributed by atoms with Crippen LogP contribution in [0.4, 0.5) is 13.2 Å². The highest BCUT2D eigenvalue weighted by molar-refractivity contribution is 6.05. The fraction of sp³-hybridized carbons (Fsp3) is 0.385. The first kappa shape index (κ1) is 29.4. The number of aromatic nitrogens is 5. The molecule has 3 aromatic rings. The van der Waals surface area contributed by atoms with E-state index in [1.807, 2.05) is 0 Å². The van der Waals surface area contributed by atoms with Crippen molar-refractivity contribution in [1.29, 1.82) is 0 Å². The lowest BCUT2D eigenvalue weighted by Crippen LogP contribution is -2.52. The van der Waals surface area contributed by atoms with Crippen LogP contribution in [0.15, 0.2) is 24.4 Å². The Morgan fingerprint density at radius 3 is 2.56 bits per heavy atom. The number of piperidine rings is 1. The van der Waals surface area contributed by atoms with Crippen molar-refractivity contribution in [3.63, 3.8) is 0 Å². The van der Waals surface area contributed by atoms with Crippen LogP contribution in [0.25, 0.3) is 5.69 Å². The summed E-state index contributed by atoms with van der Waals surface area (Å²) in [5.74, 6) is -3.41. The number of nitrogens with one attached hydrogen (secondary N) is 3. The summed E-state index contributed by atoms with van der Waals surface area (Å²) in [5.41, 5.74) is 4.28. The van der Waals surface area contributed by atoms with Crippen LogP contribution < -0.4 is 10.6 Å². The number of imide groups is 1. The summed E-state index contributed by atoms with van der Waals surface area (Å²) >= 11 is 0. The number of aromatic amines is 1. The number of amides is 4. The maximum atomic E-state index is 12.9. The topological polar surface area (TPSA) is 192 Å². The summed E-state index contributed by atoms with van der Waals surface area (Å²) in [6, 6.07) is 4.52. The predicted octanol–water partition coefficient (Wildman–Crippen LogP) is 1.19. The Morgan fingerprint density at radius 1 is 1.12 bits per heavy atom. The largest absolute Gasteiger partial charge is 0.490 e. The molecule has 0 bridgehead atoms. The van der Waals surface area contributed by atoms with Gasteiger partial charge in [0.25, 0.3) is 11.8 Å². The minimum absolute atomic E-state index is 0.160. The number of alkyl halides is 3. The van der Waals surface area contributed by atoms with Gasteiger partial charge in [0.1, 0.15) is 11.9 Å². The molecule has 1 fully saturated rings. The number of aryl methyl sites for hydroxylation is 2. The van der Waals surface area contributed by atoms with Gasteiger partial charge < -0.3 is 20.3 Å². The van der Waals surface area contributed by atoms with Gasteiger partial charge in [-0.1, -0.05) is 5.21 Å². The van der Waals surface area contributed by atoms with Gasteiger partial charge in [-0.05, 0) is 55.9 Å². The Morgan fingerprint density at radius 2 is 1.86 bits per heavy atom. The van der Waals surface area contributed by atoms with Crippen LogP contribution in [0.3, 0.4) is 0 Å². The van der Waals surface area contributed by atoms with Gasteiger partial charge >= 0.3 is 12.1 Å². The molecule has 4 amide bonds. The van der Waals surface area contributed by atoms with E-state index in [1.54, 1.807) is 18.2 Å². The number of halogens is 3. The Labute approximate surface area is 240 Å². The quantitative estimate of drug-likeness (QED) is 0.311. The summed E-state index contributed by atoms with van der Waals surface area (Å²) in [6.07, 6.45) is 1.19. The number of carboxylic acid groups (broad SMARTS) is 1. The Bertz CT molecular complexity index is 1590. The zero-order valence-corrected chi connectivity index (χ0v) is 22.4. The molecule has 0 radical (unpaired) electrons. The Kier molecular flexibility index (Phi) is 7.97. The van der Waals surface area contributed by atoms with Gasteiger partial charge in [-0.2, -0.15) is 13.2 Å². The molecular weight excluding hydrogens is 577 g/mol. The molecule has 226 valence electrons. The predicted molar refractivity (Wildman–Crippen MR) is 137 cm³/mol. The maximum absolute atomic E-state index is 12.9. The minimum atomic E-state index is -5.08. The van der Waals surface area contributed by atoms with Gasteiger partial charge in [-0.25, -0.2) is 14.5 Å². The number of hydrogen-bond donors (Lipinski definition) is 4. The molecule has 3 aliphatic rings. The molecule has 1 aliphatic carbocycles. The van der Waals surface area contributed by atoms with Crippen LogP contribution in [-0.2, 0) is 40.3 Å². The Hall–Kier alpha value is -5.09. The van der Waals surface area contributed by atoms with Gasteiger partial charge in [0.05, 0.1) is 24.1 Å². The van der Waals surface area contributed by atoms with Crippen LogP contribution in [0.5, 0.6) is 0 Å². The fourth-order valence-corrected chi connectivity index (χ4v) is 5.05. The molecule has 1 unspecified atom stereocenters. The maximum Gasteiger partial charge on any atom is 0.490 e.